The van der Waals surface area contributed by atoms with Gasteiger partial charge in [0.25, 0.3) is 0 Å². The molecule has 6 nitrogen and oxygen atoms in total. The molecular formula is C21H22N2O4S. The minimum atomic E-state index is -0.361. The van der Waals surface area contributed by atoms with Crippen molar-refractivity contribution in [2.75, 3.05) is 13.7 Å². The average molecular weight is 398 g/mol. The first-order chi connectivity index (χ1) is 13.5. The molecule has 28 heavy (non-hydrogen) atoms. The number of nitrogens with one attached hydrogen (secondary N) is 2. The van der Waals surface area contributed by atoms with Crippen LogP contribution in [0.2, 0.25) is 0 Å². The first-order valence-corrected chi connectivity index (χ1v) is 9.22. The van der Waals surface area contributed by atoms with Gasteiger partial charge in [-0.2, -0.15) is 0 Å². The minimum Gasteiger partial charge on any atom is -0.497 e. The Hall–Kier alpha value is -3.06. The molecule has 2 aromatic rings. The molecule has 0 spiro atoms. The Kier molecular flexibility index (Phi) is 6.49. The standard InChI is InChI=1S/C21H22N2O4S/c1-14-19(11-22-21(28)23-14)20(24)27-13-16-5-9-18(10-6-16)26-12-15-3-7-17(25-2)8-4-15/h3-10H,11-13H2,1-2H3,(H2,22,23,28). The van der Waals surface area contributed by atoms with Gasteiger partial charge in [0.2, 0.25) is 0 Å². The highest BCUT2D eigenvalue weighted by Crippen LogP contribution is 2.17. The lowest BCUT2D eigenvalue weighted by atomic mass is 10.2. The molecule has 7 heteroatoms. The summed E-state index contributed by atoms with van der Waals surface area (Å²) in [4.78, 5) is 12.2. The van der Waals surface area contributed by atoms with E-state index in [1.54, 1.807) is 14.0 Å². The van der Waals surface area contributed by atoms with Gasteiger partial charge in [-0.25, -0.2) is 4.79 Å². The summed E-state index contributed by atoms with van der Waals surface area (Å²) in [6.07, 6.45) is 0. The van der Waals surface area contributed by atoms with Crippen LogP contribution < -0.4 is 20.1 Å². The summed E-state index contributed by atoms with van der Waals surface area (Å²) in [6, 6.07) is 15.2. The SMILES string of the molecule is COc1ccc(COc2ccc(COC(=O)C3=C(C)NC(=S)NC3)cc2)cc1. The Labute approximate surface area is 169 Å². The fourth-order valence-corrected chi connectivity index (χ4v) is 2.85. The Balaban J connectivity index is 1.49. The van der Waals surface area contributed by atoms with Gasteiger partial charge >= 0.3 is 5.97 Å². The van der Waals surface area contributed by atoms with Crippen molar-refractivity contribution in [2.45, 2.75) is 20.1 Å². The predicted octanol–water partition coefficient (Wildman–Crippen LogP) is 3.07. The molecule has 0 bridgehead atoms. The Morgan fingerprint density at radius 2 is 1.61 bits per heavy atom. The molecular weight excluding hydrogens is 376 g/mol. The van der Waals surface area contributed by atoms with E-state index in [-0.39, 0.29) is 12.6 Å². The number of ether oxygens (including phenoxy) is 3. The number of carbonyl (C=O) groups excluding carboxylic acids is 1. The first-order valence-electron chi connectivity index (χ1n) is 8.81. The van der Waals surface area contributed by atoms with E-state index >= 15 is 0 Å². The summed E-state index contributed by atoms with van der Waals surface area (Å²) >= 11 is 5.01. The van der Waals surface area contributed by atoms with E-state index < -0.39 is 0 Å². The third-order valence-corrected chi connectivity index (χ3v) is 4.53. The van der Waals surface area contributed by atoms with Gasteiger partial charge in [0.05, 0.1) is 19.2 Å². The average Bonchev–Trinajstić information content (AvgIpc) is 2.71. The van der Waals surface area contributed by atoms with Crippen molar-refractivity contribution in [2.24, 2.45) is 0 Å². The van der Waals surface area contributed by atoms with Gasteiger partial charge in [0.15, 0.2) is 5.11 Å². The summed E-state index contributed by atoms with van der Waals surface area (Å²) in [6.45, 7) is 2.83. The van der Waals surface area contributed by atoms with Crippen LogP contribution in [-0.4, -0.2) is 24.7 Å². The van der Waals surface area contributed by atoms with Gasteiger partial charge < -0.3 is 24.8 Å². The molecule has 0 unspecified atom stereocenters. The first kappa shape index (κ1) is 19.7. The monoisotopic (exact) mass is 398 g/mol. The zero-order valence-corrected chi connectivity index (χ0v) is 16.6. The van der Waals surface area contributed by atoms with E-state index in [0.29, 0.717) is 23.8 Å². The number of methoxy groups -OCH3 is 1. The van der Waals surface area contributed by atoms with E-state index in [1.807, 2.05) is 48.5 Å². The zero-order valence-electron chi connectivity index (χ0n) is 15.8. The van der Waals surface area contributed by atoms with Gasteiger partial charge in [0, 0.05) is 5.70 Å². The third kappa shape index (κ3) is 5.23. The molecule has 0 atom stereocenters. The molecule has 0 radical (unpaired) electrons. The van der Waals surface area contributed by atoms with Crippen LogP contribution in [0.4, 0.5) is 0 Å². The highest BCUT2D eigenvalue weighted by molar-refractivity contribution is 7.80. The number of carbonyl (C=O) groups is 1. The van der Waals surface area contributed by atoms with Gasteiger partial charge in [-0.3, -0.25) is 0 Å². The zero-order chi connectivity index (χ0) is 19.9. The van der Waals surface area contributed by atoms with Gasteiger partial charge in [-0.1, -0.05) is 24.3 Å². The van der Waals surface area contributed by atoms with Crippen LogP contribution in [0, 0.1) is 0 Å². The summed E-state index contributed by atoms with van der Waals surface area (Å²) < 4.78 is 16.3. The number of rotatable bonds is 7. The third-order valence-electron chi connectivity index (χ3n) is 4.28. The summed E-state index contributed by atoms with van der Waals surface area (Å²) in [7, 11) is 1.64. The molecule has 2 N–H and O–H groups in total. The van der Waals surface area contributed by atoms with E-state index in [4.69, 9.17) is 26.4 Å². The molecule has 1 aliphatic rings. The van der Waals surface area contributed by atoms with E-state index in [9.17, 15) is 4.79 Å². The molecule has 0 fully saturated rings. The minimum absolute atomic E-state index is 0.193. The smallest absolute Gasteiger partial charge is 0.337 e. The maximum atomic E-state index is 12.2. The second kappa shape index (κ2) is 9.23. The number of benzene rings is 2. The van der Waals surface area contributed by atoms with Crippen molar-refractivity contribution in [1.29, 1.82) is 0 Å². The normalized spacial score (nSPS) is 13.4. The highest BCUT2D eigenvalue weighted by atomic mass is 32.1. The molecule has 0 amide bonds. The topological polar surface area (TPSA) is 68.8 Å². The molecule has 1 aliphatic heterocycles. The van der Waals surface area contributed by atoms with Crippen LogP contribution in [0.15, 0.2) is 59.8 Å². The Morgan fingerprint density at radius 1 is 1.00 bits per heavy atom. The molecule has 0 aliphatic carbocycles. The van der Waals surface area contributed by atoms with Crippen LogP contribution in [0.1, 0.15) is 18.1 Å². The number of allylic oxidation sites excluding steroid dienone is 1. The molecule has 2 aromatic carbocycles. The van der Waals surface area contributed by atoms with E-state index in [2.05, 4.69) is 10.6 Å². The van der Waals surface area contributed by atoms with Gasteiger partial charge in [-0.05, 0) is 54.5 Å². The van der Waals surface area contributed by atoms with Crippen molar-refractivity contribution in [3.8, 4) is 11.5 Å². The van der Waals surface area contributed by atoms with Crippen molar-refractivity contribution in [3.63, 3.8) is 0 Å². The largest absolute Gasteiger partial charge is 0.497 e. The van der Waals surface area contributed by atoms with Crippen LogP contribution in [-0.2, 0) is 22.7 Å². The second-order valence-corrected chi connectivity index (χ2v) is 6.68. The van der Waals surface area contributed by atoms with Crippen LogP contribution in [0.25, 0.3) is 0 Å². The van der Waals surface area contributed by atoms with Crippen molar-refractivity contribution >= 4 is 23.3 Å². The van der Waals surface area contributed by atoms with Crippen LogP contribution in [0.5, 0.6) is 11.5 Å². The fraction of sp³-hybridized carbons (Fsp3) is 0.238. The van der Waals surface area contributed by atoms with Gasteiger partial charge in [-0.15, -0.1) is 0 Å². The number of hydrogen-bond acceptors (Lipinski definition) is 5. The maximum Gasteiger partial charge on any atom is 0.337 e. The van der Waals surface area contributed by atoms with Crippen LogP contribution in [0.3, 0.4) is 0 Å². The quantitative estimate of drug-likeness (QED) is 0.549. The van der Waals surface area contributed by atoms with Crippen molar-refractivity contribution in [3.05, 3.63) is 70.9 Å². The van der Waals surface area contributed by atoms with E-state index in [0.717, 1.165) is 28.3 Å². The molecule has 146 valence electrons. The Bertz CT molecular complexity index is 876. The number of thiocarbonyl (C=S) groups is 1. The lowest BCUT2D eigenvalue weighted by molar-refractivity contribution is -0.140. The maximum absolute atomic E-state index is 12.2. The lowest BCUT2D eigenvalue weighted by Gasteiger charge is -2.20. The van der Waals surface area contributed by atoms with Crippen LogP contribution >= 0.6 is 12.2 Å². The summed E-state index contributed by atoms with van der Waals surface area (Å²) in [5.74, 6) is 1.20. The lowest BCUT2D eigenvalue weighted by Crippen LogP contribution is -2.42. The second-order valence-electron chi connectivity index (χ2n) is 6.27. The Morgan fingerprint density at radius 3 is 2.21 bits per heavy atom. The fourth-order valence-electron chi connectivity index (χ4n) is 2.62. The number of hydrogen-bond donors (Lipinski definition) is 2. The molecule has 0 saturated heterocycles. The summed E-state index contributed by atoms with van der Waals surface area (Å²) in [5, 5.41) is 6.36. The molecule has 1 heterocycles. The molecule has 0 saturated carbocycles. The van der Waals surface area contributed by atoms with Crippen molar-refractivity contribution in [1.82, 2.24) is 10.6 Å². The predicted molar refractivity (Wildman–Crippen MR) is 110 cm³/mol. The highest BCUT2D eigenvalue weighted by Gasteiger charge is 2.19. The molecule has 0 aromatic heterocycles. The number of esters is 1. The molecule has 3 rings (SSSR count). The van der Waals surface area contributed by atoms with Crippen molar-refractivity contribution < 1.29 is 19.0 Å². The summed E-state index contributed by atoms with van der Waals surface area (Å²) in [5.41, 5.74) is 3.20. The van der Waals surface area contributed by atoms with E-state index in [1.165, 1.54) is 0 Å². The van der Waals surface area contributed by atoms with Gasteiger partial charge in [0.1, 0.15) is 24.7 Å².